The highest BCUT2D eigenvalue weighted by molar-refractivity contribution is 9.10. The van der Waals surface area contributed by atoms with E-state index in [0.29, 0.717) is 18.8 Å². The molecule has 0 fully saturated rings. The van der Waals surface area contributed by atoms with Crippen LogP contribution in [0.5, 0.6) is 11.5 Å². The van der Waals surface area contributed by atoms with Crippen LogP contribution in [0.25, 0.3) is 0 Å². The third kappa shape index (κ3) is 2.05. The second-order valence-corrected chi connectivity index (χ2v) is 5.63. The number of hydrogen-bond donors (Lipinski definition) is 1. The van der Waals surface area contributed by atoms with Crippen LogP contribution in [-0.2, 0) is 12.8 Å². The fraction of sp³-hybridized carbons (Fsp3) is 0.500. The number of benzene rings is 1. The fourth-order valence-corrected chi connectivity index (χ4v) is 3.52. The maximum Gasteiger partial charge on any atom is 0.180 e. The summed E-state index contributed by atoms with van der Waals surface area (Å²) in [5.41, 5.74) is 8.20. The van der Waals surface area contributed by atoms with Gasteiger partial charge in [-0.25, -0.2) is 0 Å². The van der Waals surface area contributed by atoms with E-state index in [2.05, 4.69) is 15.9 Å². The van der Waals surface area contributed by atoms with Crippen molar-refractivity contribution in [1.82, 2.24) is 0 Å². The number of Topliss-reactive ketones (excluding diaryl/α,β-unsaturated/α-hetero) is 1. The van der Waals surface area contributed by atoms with E-state index in [1.165, 1.54) is 0 Å². The van der Waals surface area contributed by atoms with Crippen molar-refractivity contribution in [2.75, 3.05) is 19.8 Å². The summed E-state index contributed by atoms with van der Waals surface area (Å²) in [5.74, 6) is 1.47. The van der Waals surface area contributed by atoms with Crippen LogP contribution in [0.4, 0.5) is 0 Å². The molecule has 4 nitrogen and oxygen atoms in total. The van der Waals surface area contributed by atoms with Crippen molar-refractivity contribution >= 4 is 21.7 Å². The summed E-state index contributed by atoms with van der Waals surface area (Å²) >= 11 is 3.61. The van der Waals surface area contributed by atoms with E-state index in [9.17, 15) is 4.79 Å². The quantitative estimate of drug-likeness (QED) is 0.847. The van der Waals surface area contributed by atoms with Gasteiger partial charge in [-0.1, -0.05) is 0 Å². The molecule has 2 N–H and O–H groups in total. The van der Waals surface area contributed by atoms with E-state index >= 15 is 0 Å². The van der Waals surface area contributed by atoms with Crippen molar-refractivity contribution in [3.05, 3.63) is 21.2 Å². The largest absolute Gasteiger partial charge is 0.492 e. The van der Waals surface area contributed by atoms with Gasteiger partial charge in [-0.15, -0.1) is 0 Å². The summed E-state index contributed by atoms with van der Waals surface area (Å²) < 4.78 is 12.5. The van der Waals surface area contributed by atoms with Crippen molar-refractivity contribution in [3.63, 3.8) is 0 Å². The average molecular weight is 326 g/mol. The summed E-state index contributed by atoms with van der Waals surface area (Å²) in [5, 5.41) is 0. The molecule has 102 valence electrons. The second-order valence-electron chi connectivity index (χ2n) is 4.84. The lowest BCUT2D eigenvalue weighted by molar-refractivity contribution is 0.0993. The summed E-state index contributed by atoms with van der Waals surface area (Å²) in [6.45, 7) is 1.36. The topological polar surface area (TPSA) is 61.6 Å². The summed E-state index contributed by atoms with van der Waals surface area (Å²) in [4.78, 5) is 12.2. The van der Waals surface area contributed by atoms with E-state index in [4.69, 9.17) is 15.2 Å². The van der Waals surface area contributed by atoms with Crippen molar-refractivity contribution in [2.45, 2.75) is 25.7 Å². The van der Waals surface area contributed by atoms with E-state index in [-0.39, 0.29) is 12.3 Å². The number of fused-ring (bicyclic) bond motifs is 2. The van der Waals surface area contributed by atoms with Gasteiger partial charge in [0.05, 0.1) is 29.8 Å². The molecule has 5 heteroatoms. The van der Waals surface area contributed by atoms with Gasteiger partial charge in [0, 0.05) is 11.1 Å². The molecule has 0 spiro atoms. The van der Waals surface area contributed by atoms with E-state index in [1.54, 1.807) is 0 Å². The first-order valence-corrected chi connectivity index (χ1v) is 7.39. The number of ketones is 1. The highest BCUT2D eigenvalue weighted by Crippen LogP contribution is 2.46. The van der Waals surface area contributed by atoms with Crippen LogP contribution < -0.4 is 15.2 Å². The molecule has 1 aromatic carbocycles. The predicted octanol–water partition coefficient (Wildman–Crippen LogP) is 2.24. The number of nitrogens with two attached hydrogens (primary N) is 1. The zero-order chi connectivity index (χ0) is 13.4. The van der Waals surface area contributed by atoms with Crippen LogP contribution in [-0.4, -0.2) is 25.5 Å². The fourth-order valence-electron chi connectivity index (χ4n) is 2.79. The van der Waals surface area contributed by atoms with Crippen LogP contribution >= 0.6 is 15.9 Å². The molecule has 0 unspecified atom stereocenters. The molecule has 2 aliphatic rings. The molecule has 0 saturated carbocycles. The molecule has 0 amide bonds. The smallest absolute Gasteiger partial charge is 0.180 e. The number of rotatable bonds is 2. The lowest BCUT2D eigenvalue weighted by Gasteiger charge is -2.28. The minimum Gasteiger partial charge on any atom is -0.492 e. The third-order valence-electron chi connectivity index (χ3n) is 3.64. The Labute approximate surface area is 120 Å². The lowest BCUT2D eigenvalue weighted by Crippen LogP contribution is -2.23. The normalized spacial score (nSPS) is 16.9. The maximum absolute atomic E-state index is 12.2. The Bertz CT molecular complexity index is 505. The third-order valence-corrected chi connectivity index (χ3v) is 4.48. The van der Waals surface area contributed by atoms with E-state index in [0.717, 1.165) is 52.8 Å². The van der Waals surface area contributed by atoms with Crippen molar-refractivity contribution in [1.29, 1.82) is 0 Å². The Hall–Kier alpha value is -1.07. The first kappa shape index (κ1) is 12.9. The van der Waals surface area contributed by atoms with Gasteiger partial charge in [-0.3, -0.25) is 4.79 Å². The second kappa shape index (κ2) is 5.13. The molecule has 2 aliphatic heterocycles. The molecule has 0 radical (unpaired) electrons. The molecule has 0 atom stereocenters. The minimum atomic E-state index is -0.0626. The standard InChI is InChI=1S/C14H16BrNO3/c15-12-9-4-2-5-18-13(9)11(10(17)7-16)8-3-1-6-19-14(8)12/h1-7,16H2. The molecular weight excluding hydrogens is 310 g/mol. The molecule has 19 heavy (non-hydrogen) atoms. The first-order valence-electron chi connectivity index (χ1n) is 6.60. The Morgan fingerprint density at radius 3 is 2.42 bits per heavy atom. The van der Waals surface area contributed by atoms with Crippen molar-refractivity contribution in [2.24, 2.45) is 5.73 Å². The zero-order valence-electron chi connectivity index (χ0n) is 10.6. The maximum atomic E-state index is 12.2. The van der Waals surface area contributed by atoms with Gasteiger partial charge in [-0.05, 0) is 41.6 Å². The van der Waals surface area contributed by atoms with Gasteiger partial charge in [0.1, 0.15) is 11.5 Å². The molecule has 0 aromatic heterocycles. The highest BCUT2D eigenvalue weighted by atomic mass is 79.9. The molecule has 0 saturated heterocycles. The average Bonchev–Trinajstić information content (AvgIpc) is 2.47. The van der Waals surface area contributed by atoms with E-state index < -0.39 is 0 Å². The molecule has 3 rings (SSSR count). The van der Waals surface area contributed by atoms with Crippen molar-refractivity contribution in [3.8, 4) is 11.5 Å². The van der Waals surface area contributed by atoms with Crippen molar-refractivity contribution < 1.29 is 14.3 Å². The minimum absolute atomic E-state index is 0.00384. The van der Waals surface area contributed by atoms with Crippen LogP contribution in [0.1, 0.15) is 34.3 Å². The molecule has 0 bridgehead atoms. The van der Waals surface area contributed by atoms with Gasteiger partial charge in [0.15, 0.2) is 5.78 Å². The molecular formula is C14H16BrNO3. The molecule has 2 heterocycles. The van der Waals surface area contributed by atoms with Gasteiger partial charge in [0.25, 0.3) is 0 Å². The number of carbonyl (C=O) groups excluding carboxylic acids is 1. The zero-order valence-corrected chi connectivity index (χ0v) is 12.2. The van der Waals surface area contributed by atoms with Gasteiger partial charge in [0.2, 0.25) is 0 Å². The van der Waals surface area contributed by atoms with Gasteiger partial charge >= 0.3 is 0 Å². The summed E-state index contributed by atoms with van der Waals surface area (Å²) in [7, 11) is 0. The van der Waals surface area contributed by atoms with Gasteiger partial charge in [-0.2, -0.15) is 0 Å². The van der Waals surface area contributed by atoms with E-state index in [1.807, 2.05) is 0 Å². The van der Waals surface area contributed by atoms with Crippen LogP contribution in [0, 0.1) is 0 Å². The van der Waals surface area contributed by atoms with Crippen LogP contribution in [0.15, 0.2) is 4.47 Å². The Kier molecular flexibility index (Phi) is 3.50. The number of carbonyl (C=O) groups is 1. The van der Waals surface area contributed by atoms with Gasteiger partial charge < -0.3 is 15.2 Å². The predicted molar refractivity (Wildman–Crippen MR) is 75.2 cm³/mol. The number of ether oxygens (including phenoxy) is 2. The number of halogens is 1. The highest BCUT2D eigenvalue weighted by Gasteiger charge is 2.30. The molecule has 0 aliphatic carbocycles. The van der Waals surface area contributed by atoms with Crippen LogP contribution in [0.3, 0.4) is 0 Å². The Morgan fingerprint density at radius 2 is 1.74 bits per heavy atom. The first-order chi connectivity index (χ1) is 9.24. The summed E-state index contributed by atoms with van der Waals surface area (Å²) in [6.07, 6.45) is 3.62. The molecule has 1 aromatic rings. The number of hydrogen-bond acceptors (Lipinski definition) is 4. The SMILES string of the molecule is NCC(=O)c1c2c(c(Br)c3c1OCCC3)OCCC2. The summed E-state index contributed by atoms with van der Waals surface area (Å²) in [6, 6.07) is 0. The lowest BCUT2D eigenvalue weighted by atomic mass is 9.91. The van der Waals surface area contributed by atoms with Crippen LogP contribution in [0.2, 0.25) is 0 Å². The Balaban J connectivity index is 2.28. The monoisotopic (exact) mass is 325 g/mol. The Morgan fingerprint density at radius 1 is 1.11 bits per heavy atom.